The molecule has 1 aliphatic rings. The van der Waals surface area contributed by atoms with Gasteiger partial charge in [-0.2, -0.15) is 0 Å². The predicted molar refractivity (Wildman–Crippen MR) is 83.4 cm³/mol. The van der Waals surface area contributed by atoms with Gasteiger partial charge in [0.15, 0.2) is 6.61 Å². The zero-order valence-corrected chi connectivity index (χ0v) is 13.6. The van der Waals surface area contributed by atoms with Crippen LogP contribution >= 0.6 is 23.2 Å². The molecule has 0 aliphatic carbocycles. The standard InChI is InChI=1S/C15H17Cl2NO4/c1-9-7-18(5-4-11(9)15(20)21)14(19)8-22-10-2-3-12(16)13(17)6-10/h2-3,6,9,11H,4-5,7-8H2,1H3,(H,20,21). The lowest BCUT2D eigenvalue weighted by atomic mass is 9.87. The Morgan fingerprint density at radius 2 is 2.09 bits per heavy atom. The predicted octanol–water partition coefficient (Wildman–Crippen LogP) is 2.94. The van der Waals surface area contributed by atoms with Crippen LogP contribution in [0.25, 0.3) is 0 Å². The number of amides is 1. The van der Waals surface area contributed by atoms with Crippen LogP contribution in [-0.4, -0.2) is 41.6 Å². The van der Waals surface area contributed by atoms with Gasteiger partial charge in [0.1, 0.15) is 5.75 Å². The van der Waals surface area contributed by atoms with Gasteiger partial charge >= 0.3 is 5.97 Å². The second kappa shape index (κ2) is 7.20. The van der Waals surface area contributed by atoms with E-state index in [2.05, 4.69) is 0 Å². The molecule has 1 N–H and O–H groups in total. The molecule has 22 heavy (non-hydrogen) atoms. The largest absolute Gasteiger partial charge is 0.484 e. The van der Waals surface area contributed by atoms with Crippen molar-refractivity contribution in [3.8, 4) is 5.75 Å². The van der Waals surface area contributed by atoms with E-state index in [1.807, 2.05) is 6.92 Å². The van der Waals surface area contributed by atoms with Crippen LogP contribution in [0.4, 0.5) is 0 Å². The highest BCUT2D eigenvalue weighted by atomic mass is 35.5. The molecular formula is C15H17Cl2NO4. The van der Waals surface area contributed by atoms with E-state index in [-0.39, 0.29) is 24.3 Å². The minimum atomic E-state index is -0.799. The lowest BCUT2D eigenvalue weighted by molar-refractivity contribution is -0.148. The maximum Gasteiger partial charge on any atom is 0.306 e. The zero-order chi connectivity index (χ0) is 16.3. The number of hydrogen-bond donors (Lipinski definition) is 1. The molecule has 7 heteroatoms. The van der Waals surface area contributed by atoms with Crippen molar-refractivity contribution in [1.29, 1.82) is 0 Å². The second-order valence-corrected chi connectivity index (χ2v) is 6.23. The molecule has 1 fully saturated rings. The summed E-state index contributed by atoms with van der Waals surface area (Å²) in [5.41, 5.74) is 0. The highest BCUT2D eigenvalue weighted by Crippen LogP contribution is 2.27. The van der Waals surface area contributed by atoms with Crippen LogP contribution in [0.3, 0.4) is 0 Å². The molecule has 0 saturated carbocycles. The van der Waals surface area contributed by atoms with E-state index in [9.17, 15) is 9.59 Å². The summed E-state index contributed by atoms with van der Waals surface area (Å²) in [6.45, 7) is 2.60. The Morgan fingerprint density at radius 3 is 2.68 bits per heavy atom. The number of benzene rings is 1. The molecule has 1 aromatic carbocycles. The van der Waals surface area contributed by atoms with Crippen LogP contribution in [-0.2, 0) is 9.59 Å². The molecule has 5 nitrogen and oxygen atoms in total. The first kappa shape index (κ1) is 16.9. The Bertz CT molecular complexity index is 579. The number of carbonyl (C=O) groups excluding carboxylic acids is 1. The Balaban J connectivity index is 1.88. The Kier molecular flexibility index (Phi) is 5.53. The molecule has 0 aromatic heterocycles. The smallest absolute Gasteiger partial charge is 0.306 e. The summed E-state index contributed by atoms with van der Waals surface area (Å²) >= 11 is 11.7. The van der Waals surface area contributed by atoms with Crippen molar-refractivity contribution in [2.75, 3.05) is 19.7 Å². The third-order valence-electron chi connectivity index (χ3n) is 3.83. The quantitative estimate of drug-likeness (QED) is 0.910. The van der Waals surface area contributed by atoms with Crippen molar-refractivity contribution in [1.82, 2.24) is 4.90 Å². The lowest BCUT2D eigenvalue weighted by Gasteiger charge is -2.34. The van der Waals surface area contributed by atoms with Crippen LogP contribution in [0.2, 0.25) is 10.0 Å². The van der Waals surface area contributed by atoms with Crippen molar-refractivity contribution in [2.45, 2.75) is 13.3 Å². The Morgan fingerprint density at radius 1 is 1.36 bits per heavy atom. The summed E-state index contributed by atoms with van der Waals surface area (Å²) in [5.74, 6) is -0.954. The fourth-order valence-electron chi connectivity index (χ4n) is 2.54. The minimum Gasteiger partial charge on any atom is -0.484 e. The average Bonchev–Trinajstić information content (AvgIpc) is 2.47. The molecule has 1 saturated heterocycles. The van der Waals surface area contributed by atoms with Gasteiger partial charge in [0, 0.05) is 19.2 Å². The first-order valence-electron chi connectivity index (χ1n) is 6.97. The molecule has 2 atom stereocenters. The van der Waals surface area contributed by atoms with Crippen LogP contribution < -0.4 is 4.74 Å². The number of carboxylic acids is 1. The Hall–Kier alpha value is -1.46. The van der Waals surface area contributed by atoms with Gasteiger partial charge in [-0.05, 0) is 24.5 Å². The molecule has 1 aliphatic heterocycles. The molecular weight excluding hydrogens is 329 g/mol. The third-order valence-corrected chi connectivity index (χ3v) is 4.57. The summed E-state index contributed by atoms with van der Waals surface area (Å²) in [7, 11) is 0. The Labute approximate surface area is 138 Å². The SMILES string of the molecule is CC1CN(C(=O)COc2ccc(Cl)c(Cl)c2)CCC1C(=O)O. The highest BCUT2D eigenvalue weighted by Gasteiger charge is 2.32. The van der Waals surface area contributed by atoms with Gasteiger partial charge in [-0.1, -0.05) is 30.1 Å². The molecule has 1 aromatic rings. The lowest BCUT2D eigenvalue weighted by Crippen LogP contribution is -2.46. The fourth-order valence-corrected chi connectivity index (χ4v) is 2.83. The van der Waals surface area contributed by atoms with Gasteiger partial charge in [0.25, 0.3) is 5.91 Å². The van der Waals surface area contributed by atoms with E-state index in [1.54, 1.807) is 23.1 Å². The summed E-state index contributed by atoms with van der Waals surface area (Å²) in [5, 5.41) is 9.87. The molecule has 2 rings (SSSR count). The van der Waals surface area contributed by atoms with Gasteiger partial charge in [0.2, 0.25) is 0 Å². The summed E-state index contributed by atoms with van der Waals surface area (Å²) < 4.78 is 5.42. The van der Waals surface area contributed by atoms with Gasteiger partial charge in [0.05, 0.1) is 16.0 Å². The number of piperidine rings is 1. The van der Waals surface area contributed by atoms with Gasteiger partial charge in [-0.25, -0.2) is 0 Å². The number of likely N-dealkylation sites (tertiary alicyclic amines) is 1. The number of ether oxygens (including phenoxy) is 1. The topological polar surface area (TPSA) is 66.8 Å². The van der Waals surface area contributed by atoms with Gasteiger partial charge < -0.3 is 14.7 Å². The fraction of sp³-hybridized carbons (Fsp3) is 0.467. The molecule has 120 valence electrons. The molecule has 1 heterocycles. The first-order valence-corrected chi connectivity index (χ1v) is 7.72. The van der Waals surface area contributed by atoms with Crippen molar-refractivity contribution in [2.24, 2.45) is 11.8 Å². The second-order valence-electron chi connectivity index (χ2n) is 5.42. The maximum atomic E-state index is 12.1. The first-order chi connectivity index (χ1) is 10.4. The third kappa shape index (κ3) is 4.05. The molecule has 0 bridgehead atoms. The van der Waals surface area contributed by atoms with Crippen LogP contribution in [0.5, 0.6) is 5.75 Å². The normalized spacial score (nSPS) is 21.5. The van der Waals surface area contributed by atoms with E-state index in [1.165, 1.54) is 0 Å². The van der Waals surface area contributed by atoms with E-state index in [0.29, 0.717) is 35.3 Å². The van der Waals surface area contributed by atoms with E-state index < -0.39 is 5.97 Å². The number of nitrogens with zero attached hydrogens (tertiary/aromatic N) is 1. The number of aliphatic carboxylic acids is 1. The molecule has 2 unspecified atom stereocenters. The summed E-state index contributed by atoms with van der Waals surface area (Å²) in [6, 6.07) is 4.79. The van der Waals surface area contributed by atoms with Crippen molar-refractivity contribution < 1.29 is 19.4 Å². The monoisotopic (exact) mass is 345 g/mol. The van der Waals surface area contributed by atoms with Gasteiger partial charge in [-0.3, -0.25) is 9.59 Å². The van der Waals surface area contributed by atoms with E-state index in [4.69, 9.17) is 33.0 Å². The number of hydrogen-bond acceptors (Lipinski definition) is 3. The number of rotatable bonds is 4. The van der Waals surface area contributed by atoms with Crippen molar-refractivity contribution >= 4 is 35.1 Å². The molecule has 0 spiro atoms. The molecule has 0 radical (unpaired) electrons. The van der Waals surface area contributed by atoms with Crippen LogP contribution in [0.15, 0.2) is 18.2 Å². The summed E-state index contributed by atoms with van der Waals surface area (Å²) in [4.78, 5) is 24.8. The molecule has 1 amide bonds. The number of carboxylic acid groups (broad SMARTS) is 1. The summed E-state index contributed by atoms with van der Waals surface area (Å²) in [6.07, 6.45) is 0.467. The maximum absolute atomic E-state index is 12.1. The average molecular weight is 346 g/mol. The zero-order valence-electron chi connectivity index (χ0n) is 12.1. The minimum absolute atomic E-state index is 0.0693. The number of halogens is 2. The van der Waals surface area contributed by atoms with E-state index >= 15 is 0 Å². The van der Waals surface area contributed by atoms with Gasteiger partial charge in [-0.15, -0.1) is 0 Å². The van der Waals surface area contributed by atoms with Crippen LogP contribution in [0.1, 0.15) is 13.3 Å². The van der Waals surface area contributed by atoms with Crippen LogP contribution in [0, 0.1) is 11.8 Å². The van der Waals surface area contributed by atoms with E-state index in [0.717, 1.165) is 0 Å². The number of carbonyl (C=O) groups is 2. The van der Waals surface area contributed by atoms with Crippen molar-refractivity contribution in [3.63, 3.8) is 0 Å². The highest BCUT2D eigenvalue weighted by molar-refractivity contribution is 6.42. The van der Waals surface area contributed by atoms with Crippen molar-refractivity contribution in [3.05, 3.63) is 28.2 Å².